The summed E-state index contributed by atoms with van der Waals surface area (Å²) in [5.41, 5.74) is -0.989. The molecule has 8 nitrogen and oxygen atoms in total. The molecule has 1 aromatic rings. The number of hydrogen-bond acceptors (Lipinski definition) is 5. The van der Waals surface area contributed by atoms with Crippen molar-refractivity contribution < 1.29 is 24.2 Å². The first-order chi connectivity index (χ1) is 16.6. The number of ether oxygens (including phenoxy) is 1. The molecular formula is C27H39N3O5. The molecule has 4 rings (SSSR count). The molecule has 3 aliphatic heterocycles. The van der Waals surface area contributed by atoms with E-state index in [1.165, 1.54) is 0 Å². The van der Waals surface area contributed by atoms with Gasteiger partial charge in [0.1, 0.15) is 11.6 Å². The third-order valence-corrected chi connectivity index (χ3v) is 8.56. The fraction of sp³-hybridized carbons (Fsp3) is 0.667. The summed E-state index contributed by atoms with van der Waals surface area (Å²) in [4.78, 5) is 42.7. The molecule has 3 fully saturated rings. The molecule has 0 aliphatic carbocycles. The van der Waals surface area contributed by atoms with E-state index in [1.54, 1.807) is 11.9 Å². The maximum absolute atomic E-state index is 14.1. The van der Waals surface area contributed by atoms with Crippen LogP contribution in [0.5, 0.6) is 0 Å². The molecule has 1 aromatic carbocycles. The molecule has 4 unspecified atom stereocenters. The topological polar surface area (TPSA) is 108 Å². The molecule has 2 bridgehead atoms. The van der Waals surface area contributed by atoms with Gasteiger partial charge in [-0.1, -0.05) is 50.6 Å². The fourth-order valence-electron chi connectivity index (χ4n) is 6.89. The summed E-state index contributed by atoms with van der Waals surface area (Å²) in [5, 5.41) is 16.3. The number of carbonyl (C=O) groups excluding carboxylic acids is 3. The van der Waals surface area contributed by atoms with Crippen LogP contribution in [0.1, 0.15) is 52.5 Å². The van der Waals surface area contributed by atoms with Gasteiger partial charge in [-0.15, -0.1) is 0 Å². The van der Waals surface area contributed by atoms with Crippen molar-refractivity contribution in [2.75, 3.05) is 13.7 Å². The van der Waals surface area contributed by atoms with Crippen LogP contribution in [0.4, 0.5) is 0 Å². The van der Waals surface area contributed by atoms with Gasteiger partial charge in [-0.05, 0) is 44.6 Å². The Hall–Kier alpha value is -2.45. The van der Waals surface area contributed by atoms with Crippen molar-refractivity contribution in [1.82, 2.24) is 15.5 Å². The lowest BCUT2D eigenvalue weighted by atomic mass is 9.62. The average molecular weight is 486 g/mol. The van der Waals surface area contributed by atoms with Crippen LogP contribution in [0.25, 0.3) is 0 Å². The highest BCUT2D eigenvalue weighted by atomic mass is 16.5. The van der Waals surface area contributed by atoms with Crippen molar-refractivity contribution in [2.24, 2.45) is 17.8 Å². The zero-order valence-corrected chi connectivity index (χ0v) is 21.4. The number of likely N-dealkylation sites (tertiary alicyclic amines) is 1. The number of rotatable bonds is 9. The first-order valence-electron chi connectivity index (χ1n) is 12.8. The van der Waals surface area contributed by atoms with Gasteiger partial charge in [0.25, 0.3) is 0 Å². The molecule has 3 aliphatic rings. The summed E-state index contributed by atoms with van der Waals surface area (Å²) in [6, 6.07) is 8.03. The summed E-state index contributed by atoms with van der Waals surface area (Å²) in [5.74, 6) is -2.30. The highest BCUT2D eigenvalue weighted by Gasteiger charge is 2.80. The van der Waals surface area contributed by atoms with Gasteiger partial charge >= 0.3 is 0 Å². The lowest BCUT2D eigenvalue weighted by Gasteiger charge is -2.37. The monoisotopic (exact) mass is 485 g/mol. The van der Waals surface area contributed by atoms with Gasteiger partial charge in [-0.2, -0.15) is 0 Å². The van der Waals surface area contributed by atoms with Gasteiger partial charge in [-0.3, -0.25) is 14.4 Å². The van der Waals surface area contributed by atoms with Crippen molar-refractivity contribution in [3.63, 3.8) is 0 Å². The second-order valence-corrected chi connectivity index (χ2v) is 10.8. The Labute approximate surface area is 207 Å². The SMILES string of the molecule is CCCC(C)NC(=O)C1N([C@@H](CO)Cc2ccccc2)C(=O)[C@@H]2[C@H](C(=O)NC)[C@@]3(C)OC12CC3C. The Bertz CT molecular complexity index is 971. The molecule has 3 N–H and O–H groups in total. The van der Waals surface area contributed by atoms with E-state index < -0.39 is 35.1 Å². The number of amides is 3. The molecule has 35 heavy (non-hydrogen) atoms. The van der Waals surface area contributed by atoms with Crippen LogP contribution < -0.4 is 10.6 Å². The van der Waals surface area contributed by atoms with E-state index in [9.17, 15) is 19.5 Å². The van der Waals surface area contributed by atoms with Gasteiger partial charge < -0.3 is 25.4 Å². The maximum Gasteiger partial charge on any atom is 0.246 e. The van der Waals surface area contributed by atoms with E-state index in [2.05, 4.69) is 17.6 Å². The van der Waals surface area contributed by atoms with Gasteiger partial charge in [0.15, 0.2) is 0 Å². The highest BCUT2D eigenvalue weighted by Crippen LogP contribution is 2.65. The van der Waals surface area contributed by atoms with Crippen LogP contribution in [-0.2, 0) is 25.5 Å². The van der Waals surface area contributed by atoms with Gasteiger partial charge in [-0.25, -0.2) is 0 Å². The van der Waals surface area contributed by atoms with Crippen molar-refractivity contribution in [2.45, 2.75) is 82.7 Å². The minimum Gasteiger partial charge on any atom is -0.394 e. The van der Waals surface area contributed by atoms with Crippen LogP contribution in [0.3, 0.4) is 0 Å². The van der Waals surface area contributed by atoms with Gasteiger partial charge in [0.2, 0.25) is 17.7 Å². The van der Waals surface area contributed by atoms with E-state index in [0.29, 0.717) is 12.8 Å². The first-order valence-corrected chi connectivity index (χ1v) is 12.8. The smallest absolute Gasteiger partial charge is 0.246 e. The van der Waals surface area contributed by atoms with Crippen LogP contribution >= 0.6 is 0 Å². The maximum atomic E-state index is 14.1. The van der Waals surface area contributed by atoms with Crippen LogP contribution in [0.15, 0.2) is 30.3 Å². The van der Waals surface area contributed by atoms with Crippen molar-refractivity contribution in [1.29, 1.82) is 0 Å². The van der Waals surface area contributed by atoms with Gasteiger partial charge in [0, 0.05) is 13.1 Å². The van der Waals surface area contributed by atoms with E-state index >= 15 is 0 Å². The zero-order valence-electron chi connectivity index (χ0n) is 21.4. The molecule has 3 amide bonds. The Kier molecular flexibility index (Phi) is 6.99. The lowest BCUT2D eigenvalue weighted by molar-refractivity contribution is -0.151. The lowest BCUT2D eigenvalue weighted by Crippen LogP contribution is -2.59. The summed E-state index contributed by atoms with van der Waals surface area (Å²) < 4.78 is 6.67. The average Bonchev–Trinajstić information content (AvgIpc) is 3.34. The first kappa shape index (κ1) is 25.6. The predicted molar refractivity (Wildman–Crippen MR) is 131 cm³/mol. The third kappa shape index (κ3) is 3.95. The number of benzene rings is 1. The molecule has 1 spiro atoms. The van der Waals surface area contributed by atoms with Crippen molar-refractivity contribution >= 4 is 17.7 Å². The minimum absolute atomic E-state index is 0.0149. The zero-order chi connectivity index (χ0) is 25.5. The summed E-state index contributed by atoms with van der Waals surface area (Å²) in [6.07, 6.45) is 2.64. The van der Waals surface area contributed by atoms with Crippen molar-refractivity contribution in [3.05, 3.63) is 35.9 Å². The Morgan fingerprint density at radius 3 is 2.54 bits per heavy atom. The molecule has 0 aromatic heterocycles. The number of nitrogens with one attached hydrogen (secondary N) is 2. The highest BCUT2D eigenvalue weighted by molar-refractivity contribution is 5.99. The molecule has 3 heterocycles. The summed E-state index contributed by atoms with van der Waals surface area (Å²) in [7, 11) is 1.56. The van der Waals surface area contributed by atoms with E-state index in [4.69, 9.17) is 4.74 Å². The number of aliphatic hydroxyl groups excluding tert-OH is 1. The second kappa shape index (κ2) is 9.54. The van der Waals surface area contributed by atoms with Crippen LogP contribution in [-0.4, -0.2) is 70.7 Å². The van der Waals surface area contributed by atoms with E-state index in [0.717, 1.165) is 18.4 Å². The van der Waals surface area contributed by atoms with Gasteiger partial charge in [0.05, 0.1) is 30.1 Å². The largest absolute Gasteiger partial charge is 0.394 e. The normalized spacial score (nSPS) is 35.0. The molecular weight excluding hydrogens is 446 g/mol. The minimum atomic E-state index is -1.11. The Balaban J connectivity index is 1.79. The number of fused-ring (bicyclic) bond motifs is 1. The summed E-state index contributed by atoms with van der Waals surface area (Å²) >= 11 is 0. The number of carbonyl (C=O) groups is 3. The Morgan fingerprint density at radius 1 is 1.26 bits per heavy atom. The molecule has 192 valence electrons. The number of hydrogen-bond donors (Lipinski definition) is 3. The van der Waals surface area contributed by atoms with E-state index in [-0.39, 0.29) is 36.3 Å². The Morgan fingerprint density at radius 2 is 1.94 bits per heavy atom. The predicted octanol–water partition coefficient (Wildman–Crippen LogP) is 1.65. The number of aliphatic hydroxyl groups is 1. The molecule has 0 radical (unpaired) electrons. The molecule has 8 heteroatoms. The molecule has 3 saturated heterocycles. The second-order valence-electron chi connectivity index (χ2n) is 10.8. The standard InChI is InChI=1S/C27H39N3O5/c1-6-10-17(3)29-24(33)22-27-14-16(2)26(4,35-27)20(23(32)28-5)21(27)25(34)30(22)19(15-31)13-18-11-8-7-9-12-18/h7-9,11-12,16-17,19-22,31H,6,10,13-15H2,1-5H3,(H,28,32)(H,29,33)/t16?,17?,19-,20-,21+,22?,26+,27?/m1/s1. The van der Waals surface area contributed by atoms with Crippen LogP contribution in [0.2, 0.25) is 0 Å². The third-order valence-electron chi connectivity index (χ3n) is 8.56. The quantitative estimate of drug-likeness (QED) is 0.493. The van der Waals surface area contributed by atoms with Crippen molar-refractivity contribution in [3.8, 4) is 0 Å². The summed E-state index contributed by atoms with van der Waals surface area (Å²) in [6.45, 7) is 7.63. The van der Waals surface area contributed by atoms with E-state index in [1.807, 2.05) is 51.1 Å². The fourth-order valence-corrected chi connectivity index (χ4v) is 6.89. The van der Waals surface area contributed by atoms with Crippen LogP contribution in [0, 0.1) is 17.8 Å². The number of nitrogens with zero attached hydrogens (tertiary/aromatic N) is 1. The molecule has 8 atom stereocenters. The molecule has 0 saturated carbocycles.